The Morgan fingerprint density at radius 1 is 1.56 bits per heavy atom. The fourth-order valence-corrected chi connectivity index (χ4v) is 1.25. The van der Waals surface area contributed by atoms with Gasteiger partial charge in [-0.1, -0.05) is 6.92 Å². The molecule has 1 rings (SSSR count). The van der Waals surface area contributed by atoms with Crippen LogP contribution in [0.15, 0.2) is 6.33 Å². The highest BCUT2D eigenvalue weighted by atomic mass is 15.3. The summed E-state index contributed by atoms with van der Waals surface area (Å²) < 4.78 is 1.58. The minimum absolute atomic E-state index is 0.162. The molecule has 0 amide bonds. The number of rotatable bonds is 6. The highest BCUT2D eigenvalue weighted by molar-refractivity contribution is 5.05. The van der Waals surface area contributed by atoms with Crippen molar-refractivity contribution in [3.8, 4) is 12.1 Å². The van der Waals surface area contributed by atoms with E-state index < -0.39 is 0 Å². The Morgan fingerprint density at radius 3 is 2.94 bits per heavy atom. The maximum atomic E-state index is 8.87. The standard InChI is InChI=1S/C10H14N6/c1-2-4-13-9(6-11)3-5-16-8-14-10(7-12)15-16/h8-9,13H,2-5H2,1H3. The van der Waals surface area contributed by atoms with E-state index in [1.165, 1.54) is 6.33 Å². The predicted octanol–water partition coefficient (Wildman–Crippen LogP) is 0.432. The van der Waals surface area contributed by atoms with E-state index in [0.29, 0.717) is 13.0 Å². The first-order chi connectivity index (χ1) is 7.80. The second-order valence-corrected chi connectivity index (χ2v) is 3.37. The Labute approximate surface area is 94.5 Å². The third-order valence-corrected chi connectivity index (χ3v) is 2.08. The van der Waals surface area contributed by atoms with Crippen molar-refractivity contribution in [3.63, 3.8) is 0 Å². The van der Waals surface area contributed by atoms with Crippen LogP contribution >= 0.6 is 0 Å². The average Bonchev–Trinajstić information content (AvgIpc) is 2.77. The van der Waals surface area contributed by atoms with E-state index in [9.17, 15) is 0 Å². The molecule has 1 heterocycles. The zero-order valence-electron chi connectivity index (χ0n) is 9.22. The van der Waals surface area contributed by atoms with E-state index in [-0.39, 0.29) is 11.9 Å². The van der Waals surface area contributed by atoms with Crippen molar-refractivity contribution in [2.24, 2.45) is 0 Å². The van der Waals surface area contributed by atoms with E-state index in [1.807, 2.05) is 6.07 Å². The van der Waals surface area contributed by atoms with E-state index >= 15 is 0 Å². The van der Waals surface area contributed by atoms with Crippen molar-refractivity contribution in [1.29, 1.82) is 10.5 Å². The van der Waals surface area contributed by atoms with Gasteiger partial charge in [-0.25, -0.2) is 4.98 Å². The highest BCUT2D eigenvalue weighted by Crippen LogP contribution is 1.96. The summed E-state index contributed by atoms with van der Waals surface area (Å²) >= 11 is 0. The zero-order chi connectivity index (χ0) is 11.8. The lowest BCUT2D eigenvalue weighted by Crippen LogP contribution is -2.29. The van der Waals surface area contributed by atoms with Crippen molar-refractivity contribution >= 4 is 0 Å². The molecule has 0 radical (unpaired) electrons. The molecule has 0 saturated heterocycles. The van der Waals surface area contributed by atoms with E-state index in [4.69, 9.17) is 10.5 Å². The van der Waals surface area contributed by atoms with E-state index in [0.717, 1.165) is 13.0 Å². The molecule has 6 nitrogen and oxygen atoms in total. The SMILES string of the molecule is CCCNC(C#N)CCn1cnc(C#N)n1. The summed E-state index contributed by atoms with van der Waals surface area (Å²) in [5, 5.41) is 24.5. The van der Waals surface area contributed by atoms with Gasteiger partial charge in [-0.2, -0.15) is 10.5 Å². The molecule has 1 atom stereocenters. The van der Waals surface area contributed by atoms with Gasteiger partial charge in [0.2, 0.25) is 0 Å². The molecule has 0 aliphatic carbocycles. The number of hydrogen-bond acceptors (Lipinski definition) is 5. The van der Waals surface area contributed by atoms with Gasteiger partial charge in [0.05, 0.1) is 12.1 Å². The Kier molecular flexibility index (Phi) is 4.97. The van der Waals surface area contributed by atoms with Gasteiger partial charge in [-0.15, -0.1) is 5.10 Å². The van der Waals surface area contributed by atoms with Gasteiger partial charge in [-0.3, -0.25) is 4.68 Å². The quantitative estimate of drug-likeness (QED) is 0.747. The Balaban J connectivity index is 2.38. The van der Waals surface area contributed by atoms with Crippen molar-refractivity contribution in [2.75, 3.05) is 6.54 Å². The first kappa shape index (κ1) is 12.2. The molecular formula is C10H14N6. The lowest BCUT2D eigenvalue weighted by Gasteiger charge is -2.09. The monoisotopic (exact) mass is 218 g/mol. The van der Waals surface area contributed by atoms with Crippen LogP contribution in [0.5, 0.6) is 0 Å². The van der Waals surface area contributed by atoms with Gasteiger partial charge >= 0.3 is 0 Å². The average molecular weight is 218 g/mol. The summed E-state index contributed by atoms with van der Waals surface area (Å²) in [7, 11) is 0. The van der Waals surface area contributed by atoms with Gasteiger partial charge in [0.25, 0.3) is 5.82 Å². The minimum Gasteiger partial charge on any atom is -0.302 e. The molecule has 84 valence electrons. The Hall–Kier alpha value is -1.92. The van der Waals surface area contributed by atoms with Crippen LogP contribution in [0.25, 0.3) is 0 Å². The summed E-state index contributed by atoms with van der Waals surface area (Å²) in [6, 6.07) is 3.88. The Morgan fingerprint density at radius 2 is 2.38 bits per heavy atom. The summed E-state index contributed by atoms with van der Waals surface area (Å²) in [5.74, 6) is 0.162. The molecule has 16 heavy (non-hydrogen) atoms. The fraction of sp³-hybridized carbons (Fsp3) is 0.600. The summed E-state index contributed by atoms with van der Waals surface area (Å²) in [4.78, 5) is 3.79. The maximum absolute atomic E-state index is 8.87. The third-order valence-electron chi connectivity index (χ3n) is 2.08. The first-order valence-corrected chi connectivity index (χ1v) is 5.22. The molecule has 0 saturated carbocycles. The molecule has 1 aromatic heterocycles. The summed E-state index contributed by atoms with van der Waals surface area (Å²) in [5.41, 5.74) is 0. The van der Waals surface area contributed by atoms with E-state index in [1.54, 1.807) is 4.68 Å². The predicted molar refractivity (Wildman–Crippen MR) is 57.0 cm³/mol. The van der Waals surface area contributed by atoms with Crippen LogP contribution in [0.4, 0.5) is 0 Å². The number of aryl methyl sites for hydroxylation is 1. The van der Waals surface area contributed by atoms with Crippen molar-refractivity contribution in [1.82, 2.24) is 20.1 Å². The molecule has 1 N–H and O–H groups in total. The minimum atomic E-state index is -0.172. The van der Waals surface area contributed by atoms with Crippen molar-refractivity contribution < 1.29 is 0 Å². The molecule has 0 spiro atoms. The lowest BCUT2D eigenvalue weighted by molar-refractivity contribution is 0.492. The molecule has 0 fully saturated rings. The third kappa shape index (κ3) is 3.68. The van der Waals surface area contributed by atoms with Crippen LogP contribution in [-0.4, -0.2) is 27.4 Å². The summed E-state index contributed by atoms with van der Waals surface area (Å²) in [6.45, 7) is 3.47. The highest BCUT2D eigenvalue weighted by Gasteiger charge is 2.06. The normalized spacial score (nSPS) is 11.7. The van der Waals surface area contributed by atoms with Gasteiger partial charge < -0.3 is 5.32 Å². The maximum Gasteiger partial charge on any atom is 0.252 e. The van der Waals surface area contributed by atoms with Gasteiger partial charge in [-0.05, 0) is 19.4 Å². The molecule has 0 aromatic carbocycles. The van der Waals surface area contributed by atoms with Crippen LogP contribution in [0.2, 0.25) is 0 Å². The van der Waals surface area contributed by atoms with Gasteiger partial charge in [0.1, 0.15) is 12.4 Å². The molecule has 0 aliphatic rings. The first-order valence-electron chi connectivity index (χ1n) is 5.22. The zero-order valence-corrected chi connectivity index (χ0v) is 9.22. The van der Waals surface area contributed by atoms with Crippen molar-refractivity contribution in [2.45, 2.75) is 32.4 Å². The van der Waals surface area contributed by atoms with Gasteiger partial charge in [0, 0.05) is 6.54 Å². The fourth-order valence-electron chi connectivity index (χ4n) is 1.25. The molecule has 6 heteroatoms. The molecule has 1 aromatic rings. The summed E-state index contributed by atoms with van der Waals surface area (Å²) in [6.07, 6.45) is 3.16. The number of aromatic nitrogens is 3. The second kappa shape index (κ2) is 6.54. The Bertz CT molecular complexity index is 396. The number of hydrogen-bond donors (Lipinski definition) is 1. The topological polar surface area (TPSA) is 90.3 Å². The number of nitrogens with zero attached hydrogens (tertiary/aromatic N) is 5. The van der Waals surface area contributed by atoms with Crippen molar-refractivity contribution in [3.05, 3.63) is 12.2 Å². The molecule has 0 aliphatic heterocycles. The van der Waals surface area contributed by atoms with Crippen LogP contribution in [0.1, 0.15) is 25.6 Å². The number of nitrogens with one attached hydrogen (secondary N) is 1. The molecule has 1 unspecified atom stereocenters. The van der Waals surface area contributed by atoms with Crippen LogP contribution < -0.4 is 5.32 Å². The van der Waals surface area contributed by atoms with E-state index in [2.05, 4.69) is 28.4 Å². The van der Waals surface area contributed by atoms with Gasteiger partial charge in [0.15, 0.2) is 0 Å². The number of nitriles is 2. The molecule has 0 bridgehead atoms. The van der Waals surface area contributed by atoms with Crippen LogP contribution in [0.3, 0.4) is 0 Å². The smallest absolute Gasteiger partial charge is 0.252 e. The lowest BCUT2D eigenvalue weighted by atomic mass is 10.2. The second-order valence-electron chi connectivity index (χ2n) is 3.37. The molecular weight excluding hydrogens is 204 g/mol. The van der Waals surface area contributed by atoms with Crippen LogP contribution in [-0.2, 0) is 6.54 Å². The van der Waals surface area contributed by atoms with Crippen LogP contribution in [0, 0.1) is 22.7 Å². The largest absolute Gasteiger partial charge is 0.302 e.